The number of hydrogen-bond donors (Lipinski definition) is 2. The molecule has 0 radical (unpaired) electrons. The third kappa shape index (κ3) is 3.57. The molecular formula is C21H17N3O4S2. The van der Waals surface area contributed by atoms with Crippen molar-refractivity contribution in [2.75, 3.05) is 5.32 Å². The quantitative estimate of drug-likeness (QED) is 0.453. The molecule has 0 aliphatic heterocycles. The maximum Gasteiger partial charge on any atom is 0.278 e. The van der Waals surface area contributed by atoms with Crippen molar-refractivity contribution in [1.82, 2.24) is 10.5 Å². The van der Waals surface area contributed by atoms with Crippen molar-refractivity contribution in [3.05, 3.63) is 69.4 Å². The van der Waals surface area contributed by atoms with E-state index in [0.29, 0.717) is 22.1 Å². The minimum absolute atomic E-state index is 0.175. The number of amides is 2. The first-order valence-electron chi connectivity index (χ1n) is 9.46. The van der Waals surface area contributed by atoms with E-state index in [4.69, 9.17) is 8.94 Å². The van der Waals surface area contributed by atoms with Crippen molar-refractivity contribution in [3.63, 3.8) is 0 Å². The summed E-state index contributed by atoms with van der Waals surface area (Å²) in [6.07, 6.45) is 4.33. The lowest BCUT2D eigenvalue weighted by Crippen LogP contribution is -2.25. The Morgan fingerprint density at radius 2 is 2.10 bits per heavy atom. The van der Waals surface area contributed by atoms with Crippen LogP contribution in [0.1, 0.15) is 43.5 Å². The first-order valence-corrected chi connectivity index (χ1v) is 11.2. The fraction of sp³-hybridized carbons (Fsp3) is 0.190. The smallest absolute Gasteiger partial charge is 0.278 e. The van der Waals surface area contributed by atoms with Gasteiger partial charge in [-0.05, 0) is 48.4 Å². The van der Waals surface area contributed by atoms with Gasteiger partial charge in [0.05, 0.1) is 23.2 Å². The van der Waals surface area contributed by atoms with Gasteiger partial charge in [-0.3, -0.25) is 9.59 Å². The fourth-order valence-corrected chi connectivity index (χ4v) is 5.44. The molecule has 0 atom stereocenters. The molecule has 0 aromatic carbocycles. The van der Waals surface area contributed by atoms with E-state index in [1.807, 2.05) is 17.5 Å². The average Bonchev–Trinajstić information content (AvgIpc) is 3.54. The molecule has 152 valence electrons. The third-order valence-corrected chi connectivity index (χ3v) is 6.98. The molecular weight excluding hydrogens is 422 g/mol. The van der Waals surface area contributed by atoms with Gasteiger partial charge in [-0.15, -0.1) is 22.7 Å². The summed E-state index contributed by atoms with van der Waals surface area (Å²) in [7, 11) is 0. The van der Waals surface area contributed by atoms with Gasteiger partial charge in [0.15, 0.2) is 11.5 Å². The molecule has 2 N–H and O–H groups in total. The number of aryl methyl sites for hydroxylation is 1. The van der Waals surface area contributed by atoms with Gasteiger partial charge in [0.1, 0.15) is 10.8 Å². The minimum atomic E-state index is -0.401. The zero-order valence-corrected chi connectivity index (χ0v) is 17.4. The van der Waals surface area contributed by atoms with Gasteiger partial charge in [-0.25, -0.2) is 0 Å². The number of carbonyl (C=O) groups is 2. The number of fused-ring (bicyclic) bond motifs is 1. The summed E-state index contributed by atoms with van der Waals surface area (Å²) < 4.78 is 10.6. The van der Waals surface area contributed by atoms with Crippen LogP contribution in [0.4, 0.5) is 5.00 Å². The number of rotatable bonds is 6. The lowest BCUT2D eigenvalue weighted by molar-refractivity contribution is 0.0948. The molecule has 0 bridgehead atoms. The molecule has 2 amide bonds. The summed E-state index contributed by atoms with van der Waals surface area (Å²) in [5, 5.41) is 12.1. The van der Waals surface area contributed by atoms with E-state index in [-0.39, 0.29) is 18.1 Å². The number of thiophene rings is 2. The zero-order valence-electron chi connectivity index (χ0n) is 15.8. The van der Waals surface area contributed by atoms with Gasteiger partial charge in [0.2, 0.25) is 0 Å². The van der Waals surface area contributed by atoms with Crippen molar-refractivity contribution in [1.29, 1.82) is 0 Å². The van der Waals surface area contributed by atoms with Crippen LogP contribution < -0.4 is 10.6 Å². The highest BCUT2D eigenvalue weighted by Gasteiger charge is 2.28. The van der Waals surface area contributed by atoms with Crippen LogP contribution in [0.15, 0.2) is 50.9 Å². The standard InChI is InChI=1S/C21H17N3O4S2/c25-19(14-10-15(28-24-14)17-7-3-9-29-17)23-21-18(13-5-1-6-16(13)30-21)20(26)22-11-12-4-2-8-27-12/h2-4,7-10H,1,5-6,11H2,(H,22,26)(H,23,25). The van der Waals surface area contributed by atoms with E-state index in [0.717, 1.165) is 34.6 Å². The van der Waals surface area contributed by atoms with E-state index in [2.05, 4.69) is 15.8 Å². The minimum Gasteiger partial charge on any atom is -0.467 e. The topological polar surface area (TPSA) is 97.4 Å². The number of carbonyl (C=O) groups excluding carboxylic acids is 2. The van der Waals surface area contributed by atoms with Gasteiger partial charge in [0.25, 0.3) is 11.8 Å². The van der Waals surface area contributed by atoms with E-state index in [1.165, 1.54) is 22.7 Å². The van der Waals surface area contributed by atoms with Crippen molar-refractivity contribution >= 4 is 39.5 Å². The molecule has 4 aromatic heterocycles. The van der Waals surface area contributed by atoms with Crippen molar-refractivity contribution in [2.24, 2.45) is 0 Å². The Labute approximate surface area is 179 Å². The summed E-state index contributed by atoms with van der Waals surface area (Å²) in [6.45, 7) is 0.289. The lowest BCUT2D eigenvalue weighted by Gasteiger charge is -2.08. The van der Waals surface area contributed by atoms with Crippen LogP contribution in [-0.2, 0) is 19.4 Å². The molecule has 7 nitrogen and oxygen atoms in total. The molecule has 1 aliphatic carbocycles. The largest absolute Gasteiger partial charge is 0.467 e. The molecule has 0 fully saturated rings. The van der Waals surface area contributed by atoms with E-state index in [9.17, 15) is 9.59 Å². The summed E-state index contributed by atoms with van der Waals surface area (Å²) in [5.74, 6) is 0.590. The highest BCUT2D eigenvalue weighted by Crippen LogP contribution is 2.39. The molecule has 1 aliphatic rings. The number of nitrogens with one attached hydrogen (secondary N) is 2. The van der Waals surface area contributed by atoms with Crippen molar-refractivity contribution in [3.8, 4) is 10.6 Å². The highest BCUT2D eigenvalue weighted by atomic mass is 32.1. The Hall–Kier alpha value is -3.17. The van der Waals surface area contributed by atoms with E-state index in [1.54, 1.807) is 24.5 Å². The fourth-order valence-electron chi connectivity index (χ4n) is 3.49. The van der Waals surface area contributed by atoms with Crippen molar-refractivity contribution < 1.29 is 18.5 Å². The maximum absolute atomic E-state index is 12.9. The number of nitrogens with zero attached hydrogens (tertiary/aromatic N) is 1. The Bertz CT molecular complexity index is 1190. The van der Waals surface area contributed by atoms with E-state index < -0.39 is 5.91 Å². The summed E-state index contributed by atoms with van der Waals surface area (Å²) in [6, 6.07) is 8.99. The van der Waals surface area contributed by atoms with Crippen LogP contribution in [0.3, 0.4) is 0 Å². The second kappa shape index (κ2) is 7.92. The first kappa shape index (κ1) is 18.8. The SMILES string of the molecule is O=C(Nc1sc2c(c1C(=O)NCc1ccco1)CCC2)c1cc(-c2cccs2)on1. The second-order valence-corrected chi connectivity index (χ2v) is 8.88. The van der Waals surface area contributed by atoms with Gasteiger partial charge in [0, 0.05) is 10.9 Å². The number of hydrogen-bond acceptors (Lipinski definition) is 7. The Morgan fingerprint density at radius 1 is 1.17 bits per heavy atom. The molecule has 5 rings (SSSR count). The third-order valence-electron chi connectivity index (χ3n) is 4.89. The van der Waals surface area contributed by atoms with Gasteiger partial charge in [-0.2, -0.15) is 0 Å². The molecule has 0 spiro atoms. The molecule has 0 unspecified atom stereocenters. The molecule has 4 aromatic rings. The molecule has 4 heterocycles. The van der Waals surface area contributed by atoms with Crippen LogP contribution in [0.5, 0.6) is 0 Å². The Kier molecular flexibility index (Phi) is 4.97. The lowest BCUT2D eigenvalue weighted by atomic mass is 10.1. The normalized spacial score (nSPS) is 12.7. The zero-order chi connectivity index (χ0) is 20.5. The number of furan rings is 1. The monoisotopic (exact) mass is 439 g/mol. The van der Waals surface area contributed by atoms with Crippen molar-refractivity contribution in [2.45, 2.75) is 25.8 Å². The molecule has 9 heteroatoms. The van der Waals surface area contributed by atoms with Gasteiger partial charge in [-0.1, -0.05) is 11.2 Å². The molecule has 0 saturated heterocycles. The molecule has 30 heavy (non-hydrogen) atoms. The molecule has 0 saturated carbocycles. The van der Waals surface area contributed by atoms with Crippen LogP contribution in [0, 0.1) is 0 Å². The van der Waals surface area contributed by atoms with Crippen LogP contribution >= 0.6 is 22.7 Å². The predicted molar refractivity (Wildman–Crippen MR) is 114 cm³/mol. The summed E-state index contributed by atoms with van der Waals surface area (Å²) in [5.41, 5.74) is 1.73. The predicted octanol–water partition coefficient (Wildman–Crippen LogP) is 4.73. The highest BCUT2D eigenvalue weighted by molar-refractivity contribution is 7.17. The number of anilines is 1. The summed E-state index contributed by atoms with van der Waals surface area (Å²) >= 11 is 2.96. The first-order chi connectivity index (χ1) is 14.7. The van der Waals surface area contributed by atoms with Crippen LogP contribution in [0.25, 0.3) is 10.6 Å². The average molecular weight is 440 g/mol. The van der Waals surface area contributed by atoms with E-state index >= 15 is 0 Å². The van der Waals surface area contributed by atoms with Crippen LogP contribution in [-0.4, -0.2) is 17.0 Å². The maximum atomic E-state index is 12.9. The Morgan fingerprint density at radius 3 is 2.90 bits per heavy atom. The summed E-state index contributed by atoms with van der Waals surface area (Å²) in [4.78, 5) is 27.7. The second-order valence-electron chi connectivity index (χ2n) is 6.83. The van der Waals surface area contributed by atoms with Gasteiger partial charge >= 0.3 is 0 Å². The number of aromatic nitrogens is 1. The van der Waals surface area contributed by atoms with Gasteiger partial charge < -0.3 is 19.6 Å². The van der Waals surface area contributed by atoms with Crippen LogP contribution in [0.2, 0.25) is 0 Å². The Balaban J connectivity index is 1.36.